The normalized spacial score (nSPS) is 20.0. The number of ether oxygens (including phenoxy) is 1. The van der Waals surface area contributed by atoms with Crippen LogP contribution in [0.1, 0.15) is 61.3 Å². The molecule has 2 fully saturated rings. The molecule has 0 bridgehead atoms. The first kappa shape index (κ1) is 29.1. The lowest BCUT2D eigenvalue weighted by Gasteiger charge is -2.47. The van der Waals surface area contributed by atoms with Crippen molar-refractivity contribution < 1.29 is 13.9 Å². The Morgan fingerprint density at radius 3 is 2.48 bits per heavy atom. The topological polar surface area (TPSA) is 36.0 Å². The van der Waals surface area contributed by atoms with E-state index in [1.807, 2.05) is 16.3 Å². The van der Waals surface area contributed by atoms with Gasteiger partial charge in [0.2, 0.25) is 0 Å². The SMILES string of the molecule is CCCOc1ccsc1C(=O)N1CCC(N2CCN([C@@H](C)c3ccc(-c4ccc(F)c(Cl)c4)cc3)[C@H](C)C2)CC1. The number of carbonyl (C=O) groups is 1. The smallest absolute Gasteiger partial charge is 0.267 e. The van der Waals surface area contributed by atoms with E-state index in [4.69, 9.17) is 16.3 Å². The van der Waals surface area contributed by atoms with Gasteiger partial charge in [-0.3, -0.25) is 14.6 Å². The summed E-state index contributed by atoms with van der Waals surface area (Å²) in [6, 6.07) is 16.6. The van der Waals surface area contributed by atoms with Gasteiger partial charge in [0.25, 0.3) is 5.91 Å². The maximum absolute atomic E-state index is 13.6. The van der Waals surface area contributed by atoms with Crippen LogP contribution in [0.5, 0.6) is 5.75 Å². The summed E-state index contributed by atoms with van der Waals surface area (Å²) in [5.74, 6) is 0.445. The summed E-state index contributed by atoms with van der Waals surface area (Å²) in [6.45, 7) is 12.0. The van der Waals surface area contributed by atoms with Crippen LogP contribution in [-0.2, 0) is 0 Å². The van der Waals surface area contributed by atoms with Crippen LogP contribution >= 0.6 is 22.9 Å². The highest BCUT2D eigenvalue weighted by molar-refractivity contribution is 7.12. The number of rotatable bonds is 8. The Balaban J connectivity index is 1.13. The van der Waals surface area contributed by atoms with Gasteiger partial charge in [0, 0.05) is 50.8 Å². The Bertz CT molecular complexity index is 1290. The molecule has 1 amide bonds. The fourth-order valence-electron chi connectivity index (χ4n) is 6.08. The lowest BCUT2D eigenvalue weighted by Crippen LogP contribution is -2.57. The predicted octanol–water partition coefficient (Wildman–Crippen LogP) is 7.37. The van der Waals surface area contributed by atoms with Gasteiger partial charge in [0.1, 0.15) is 16.4 Å². The number of piperidine rings is 1. The van der Waals surface area contributed by atoms with Crippen LogP contribution in [0, 0.1) is 5.82 Å². The zero-order valence-corrected chi connectivity index (χ0v) is 25.2. The Hall–Kier alpha value is -2.45. The van der Waals surface area contributed by atoms with Crippen LogP contribution in [0.3, 0.4) is 0 Å². The second-order valence-electron chi connectivity index (χ2n) is 11.0. The van der Waals surface area contributed by atoms with Crippen LogP contribution in [0.4, 0.5) is 4.39 Å². The van der Waals surface area contributed by atoms with Crippen molar-refractivity contribution in [2.24, 2.45) is 0 Å². The number of nitrogens with zero attached hydrogens (tertiary/aromatic N) is 3. The molecule has 214 valence electrons. The molecule has 0 unspecified atom stereocenters. The molecule has 5 rings (SSSR count). The molecule has 0 spiro atoms. The second kappa shape index (κ2) is 13.0. The van der Waals surface area contributed by atoms with Gasteiger partial charge in [0.15, 0.2) is 0 Å². The van der Waals surface area contributed by atoms with Crippen LogP contribution in [0.25, 0.3) is 11.1 Å². The molecule has 3 heterocycles. The molecule has 2 aliphatic rings. The number of thiophene rings is 1. The number of carbonyl (C=O) groups excluding carboxylic acids is 1. The number of piperazine rings is 1. The van der Waals surface area contributed by atoms with Crippen molar-refractivity contribution in [2.75, 3.05) is 39.3 Å². The van der Waals surface area contributed by atoms with E-state index in [0.717, 1.165) is 73.7 Å². The zero-order chi connectivity index (χ0) is 28.2. The van der Waals surface area contributed by atoms with Gasteiger partial charge in [-0.2, -0.15) is 0 Å². The van der Waals surface area contributed by atoms with Crippen molar-refractivity contribution in [3.63, 3.8) is 0 Å². The van der Waals surface area contributed by atoms with Gasteiger partial charge in [-0.05, 0) is 73.4 Å². The molecule has 40 heavy (non-hydrogen) atoms. The lowest BCUT2D eigenvalue weighted by atomic mass is 9.97. The summed E-state index contributed by atoms with van der Waals surface area (Å²) in [4.78, 5) is 21.1. The molecule has 2 atom stereocenters. The van der Waals surface area contributed by atoms with E-state index in [0.29, 0.717) is 24.7 Å². The van der Waals surface area contributed by atoms with E-state index in [9.17, 15) is 9.18 Å². The van der Waals surface area contributed by atoms with E-state index in [1.54, 1.807) is 12.1 Å². The molecule has 0 radical (unpaired) electrons. The average Bonchev–Trinajstić information content (AvgIpc) is 3.45. The van der Waals surface area contributed by atoms with Gasteiger partial charge < -0.3 is 9.64 Å². The molecule has 2 aromatic carbocycles. The minimum absolute atomic E-state index is 0.111. The van der Waals surface area contributed by atoms with E-state index >= 15 is 0 Å². The molecule has 0 N–H and O–H groups in total. The Kier molecular flexibility index (Phi) is 9.46. The van der Waals surface area contributed by atoms with Crippen LogP contribution in [0.15, 0.2) is 53.9 Å². The first-order valence-corrected chi connectivity index (χ1v) is 15.7. The third kappa shape index (κ3) is 6.38. The van der Waals surface area contributed by atoms with Crippen molar-refractivity contribution in [1.29, 1.82) is 0 Å². The third-order valence-electron chi connectivity index (χ3n) is 8.41. The fraction of sp³-hybridized carbons (Fsp3) is 0.469. The molecular weight excluding hydrogens is 545 g/mol. The van der Waals surface area contributed by atoms with Crippen LogP contribution in [-0.4, -0.2) is 72.0 Å². The molecule has 0 aliphatic carbocycles. The minimum atomic E-state index is -0.396. The average molecular weight is 584 g/mol. The molecule has 2 saturated heterocycles. The number of benzene rings is 2. The quantitative estimate of drug-likeness (QED) is 0.277. The summed E-state index contributed by atoms with van der Waals surface area (Å²) < 4.78 is 19.4. The van der Waals surface area contributed by atoms with Gasteiger partial charge in [0.05, 0.1) is 11.6 Å². The van der Waals surface area contributed by atoms with Gasteiger partial charge in [-0.15, -0.1) is 11.3 Å². The van der Waals surface area contributed by atoms with E-state index < -0.39 is 5.82 Å². The van der Waals surface area contributed by atoms with Gasteiger partial charge in [-0.25, -0.2) is 4.39 Å². The first-order valence-electron chi connectivity index (χ1n) is 14.4. The second-order valence-corrected chi connectivity index (χ2v) is 12.3. The monoisotopic (exact) mass is 583 g/mol. The summed E-state index contributed by atoms with van der Waals surface area (Å²) in [5.41, 5.74) is 3.23. The summed E-state index contributed by atoms with van der Waals surface area (Å²) in [5, 5.41) is 2.09. The van der Waals surface area contributed by atoms with E-state index in [2.05, 4.69) is 54.8 Å². The predicted molar refractivity (Wildman–Crippen MR) is 162 cm³/mol. The molecule has 5 nitrogen and oxygen atoms in total. The van der Waals surface area contributed by atoms with Crippen molar-refractivity contribution >= 4 is 28.8 Å². The number of halogens is 2. The van der Waals surface area contributed by atoms with E-state index in [-0.39, 0.29) is 10.9 Å². The Labute approximate surface area is 246 Å². The number of hydrogen-bond donors (Lipinski definition) is 0. The minimum Gasteiger partial charge on any atom is -0.492 e. The molecule has 1 aromatic heterocycles. The van der Waals surface area contributed by atoms with Gasteiger partial charge in [-0.1, -0.05) is 48.9 Å². The van der Waals surface area contributed by atoms with Gasteiger partial charge >= 0.3 is 0 Å². The Morgan fingerprint density at radius 2 is 1.80 bits per heavy atom. The number of likely N-dealkylation sites (tertiary alicyclic amines) is 1. The molecule has 0 saturated carbocycles. The maximum Gasteiger partial charge on any atom is 0.267 e. The molecular formula is C32H39ClFN3O2S. The lowest BCUT2D eigenvalue weighted by molar-refractivity contribution is 0.0135. The number of hydrogen-bond acceptors (Lipinski definition) is 5. The van der Waals surface area contributed by atoms with E-state index in [1.165, 1.54) is 23.0 Å². The van der Waals surface area contributed by atoms with Crippen LogP contribution in [0.2, 0.25) is 5.02 Å². The first-order chi connectivity index (χ1) is 19.4. The molecule has 8 heteroatoms. The van der Waals surface area contributed by atoms with Crippen molar-refractivity contribution in [3.05, 3.63) is 75.2 Å². The summed E-state index contributed by atoms with van der Waals surface area (Å²) in [6.07, 6.45) is 2.96. The third-order valence-corrected chi connectivity index (χ3v) is 9.58. The van der Waals surface area contributed by atoms with Crippen molar-refractivity contribution in [3.8, 4) is 16.9 Å². The summed E-state index contributed by atoms with van der Waals surface area (Å²) >= 11 is 7.47. The summed E-state index contributed by atoms with van der Waals surface area (Å²) in [7, 11) is 0. The molecule has 2 aliphatic heterocycles. The maximum atomic E-state index is 13.6. The fourth-order valence-corrected chi connectivity index (χ4v) is 7.07. The zero-order valence-electron chi connectivity index (χ0n) is 23.6. The van der Waals surface area contributed by atoms with Crippen molar-refractivity contribution in [2.45, 2.75) is 58.2 Å². The molecule has 3 aromatic rings. The highest BCUT2D eigenvalue weighted by atomic mass is 35.5. The highest BCUT2D eigenvalue weighted by Crippen LogP contribution is 2.32. The Morgan fingerprint density at radius 1 is 1.07 bits per heavy atom. The van der Waals surface area contributed by atoms with Crippen molar-refractivity contribution in [1.82, 2.24) is 14.7 Å². The highest BCUT2D eigenvalue weighted by Gasteiger charge is 2.34. The largest absolute Gasteiger partial charge is 0.492 e. The number of amides is 1. The standard InChI is InChI=1S/C32H39ClFN3O2S/c1-4-18-39-30-13-19-40-31(30)32(38)35-14-11-27(12-15-35)36-16-17-37(22(2)21-36)23(3)24-5-7-25(8-6-24)26-9-10-29(34)28(33)20-26/h5-10,13,19-20,22-23,27H,4,11-12,14-18,21H2,1-3H3/t22-,23+/m1/s1. The van der Waals surface area contributed by atoms with Crippen LogP contribution < -0.4 is 4.74 Å².